The lowest BCUT2D eigenvalue weighted by Gasteiger charge is -2.17. The van der Waals surface area contributed by atoms with Crippen molar-refractivity contribution in [3.63, 3.8) is 0 Å². The summed E-state index contributed by atoms with van der Waals surface area (Å²) in [6, 6.07) is 8.81. The highest BCUT2D eigenvalue weighted by atomic mass is 32.1. The van der Waals surface area contributed by atoms with Gasteiger partial charge in [-0.25, -0.2) is 4.68 Å². The molecule has 0 unspecified atom stereocenters. The van der Waals surface area contributed by atoms with Gasteiger partial charge in [0.25, 0.3) is 0 Å². The lowest BCUT2D eigenvalue weighted by atomic mass is 10.0. The van der Waals surface area contributed by atoms with Crippen LogP contribution >= 0.6 is 23.6 Å². The molecule has 4 nitrogen and oxygen atoms in total. The Kier molecular flexibility index (Phi) is 6.50. The van der Waals surface area contributed by atoms with Gasteiger partial charge in [0, 0.05) is 13.1 Å². The van der Waals surface area contributed by atoms with E-state index in [4.69, 9.17) is 12.2 Å². The molecular formula is C17H24N4S2. The molecular weight excluding hydrogens is 324 g/mol. The number of anilines is 1. The van der Waals surface area contributed by atoms with Crippen molar-refractivity contribution in [2.24, 2.45) is 0 Å². The van der Waals surface area contributed by atoms with Gasteiger partial charge in [-0.2, -0.15) is 0 Å². The van der Waals surface area contributed by atoms with E-state index >= 15 is 0 Å². The van der Waals surface area contributed by atoms with Crippen LogP contribution in [0.5, 0.6) is 0 Å². The van der Waals surface area contributed by atoms with Crippen molar-refractivity contribution in [3.8, 4) is 0 Å². The van der Waals surface area contributed by atoms with Crippen LogP contribution in [0.25, 0.3) is 0 Å². The zero-order valence-electron chi connectivity index (χ0n) is 14.0. The van der Waals surface area contributed by atoms with Crippen molar-refractivity contribution in [2.75, 3.05) is 18.9 Å². The van der Waals surface area contributed by atoms with Gasteiger partial charge in [-0.05, 0) is 36.3 Å². The van der Waals surface area contributed by atoms with Crippen LogP contribution in [-0.2, 0) is 13.2 Å². The molecule has 1 aromatic carbocycles. The number of hydrogen-bond acceptors (Lipinski definition) is 5. The Bertz CT molecular complexity index is 685. The van der Waals surface area contributed by atoms with Crippen LogP contribution in [0.4, 0.5) is 5.13 Å². The van der Waals surface area contributed by atoms with E-state index < -0.39 is 0 Å². The van der Waals surface area contributed by atoms with Crippen LogP contribution in [0.1, 0.15) is 30.9 Å². The summed E-state index contributed by atoms with van der Waals surface area (Å²) in [4.78, 5) is 2.21. The molecule has 0 aliphatic heterocycles. The summed E-state index contributed by atoms with van der Waals surface area (Å²) < 4.78 is 2.63. The molecule has 2 aromatic rings. The fraction of sp³-hybridized carbons (Fsp3) is 0.412. The molecule has 0 saturated heterocycles. The lowest BCUT2D eigenvalue weighted by molar-refractivity contribution is 0.245. The second-order valence-corrected chi connectivity index (χ2v) is 7.52. The first-order chi connectivity index (χ1) is 11.0. The predicted octanol–water partition coefficient (Wildman–Crippen LogP) is 4.48. The Morgan fingerprint density at radius 2 is 2.09 bits per heavy atom. The van der Waals surface area contributed by atoms with Crippen molar-refractivity contribution < 1.29 is 0 Å². The maximum Gasteiger partial charge on any atom is 0.204 e. The number of hydrogen-bond donors (Lipinski definition) is 1. The summed E-state index contributed by atoms with van der Waals surface area (Å²) in [5.41, 5.74) is 2.67. The molecule has 2 rings (SSSR count). The van der Waals surface area contributed by atoms with E-state index in [0.29, 0.717) is 19.1 Å². The smallest absolute Gasteiger partial charge is 0.204 e. The molecule has 0 amide bonds. The minimum absolute atomic E-state index is 0.566. The van der Waals surface area contributed by atoms with Crippen LogP contribution in [0, 0.1) is 3.95 Å². The lowest BCUT2D eigenvalue weighted by Crippen LogP contribution is -2.22. The van der Waals surface area contributed by atoms with Crippen LogP contribution < -0.4 is 5.32 Å². The fourth-order valence-corrected chi connectivity index (χ4v) is 3.22. The molecule has 0 radical (unpaired) electrons. The molecule has 1 heterocycles. The summed E-state index contributed by atoms with van der Waals surface area (Å²) >= 11 is 6.87. The summed E-state index contributed by atoms with van der Waals surface area (Å²) in [6.45, 7) is 10.4. The van der Waals surface area contributed by atoms with Crippen LogP contribution in [0.3, 0.4) is 0 Å². The van der Waals surface area contributed by atoms with E-state index in [0.717, 1.165) is 15.6 Å². The molecule has 124 valence electrons. The Labute approximate surface area is 147 Å². The molecule has 23 heavy (non-hydrogen) atoms. The summed E-state index contributed by atoms with van der Waals surface area (Å²) in [7, 11) is 2.08. The van der Waals surface area contributed by atoms with Crippen LogP contribution in [0.2, 0.25) is 0 Å². The van der Waals surface area contributed by atoms with Crippen LogP contribution in [0.15, 0.2) is 36.9 Å². The molecule has 1 aromatic heterocycles. The van der Waals surface area contributed by atoms with Gasteiger partial charge < -0.3 is 5.32 Å². The first-order valence-corrected chi connectivity index (χ1v) is 8.92. The third-order valence-electron chi connectivity index (χ3n) is 3.48. The SMILES string of the molecule is C=CCNc1nn(CN(C)Cc2ccc(C(C)C)cc2)c(=S)s1. The summed E-state index contributed by atoms with van der Waals surface area (Å²) in [5, 5.41) is 8.51. The van der Waals surface area contributed by atoms with Crippen molar-refractivity contribution in [3.05, 3.63) is 52.0 Å². The normalized spacial score (nSPS) is 11.2. The largest absolute Gasteiger partial charge is 0.357 e. The van der Waals surface area contributed by atoms with Crippen molar-refractivity contribution in [1.82, 2.24) is 14.7 Å². The standard InChI is InChI=1S/C17H24N4S2/c1-5-10-18-16-19-21(17(22)23-16)12-20(4)11-14-6-8-15(9-7-14)13(2)3/h5-9,13H,1,10-12H2,2-4H3,(H,18,19). The molecule has 0 bridgehead atoms. The molecule has 0 aliphatic rings. The van der Waals surface area contributed by atoms with Gasteiger partial charge in [-0.15, -0.1) is 11.7 Å². The van der Waals surface area contributed by atoms with E-state index in [9.17, 15) is 0 Å². The Balaban J connectivity index is 1.96. The molecule has 0 spiro atoms. The average molecular weight is 349 g/mol. The third-order valence-corrected chi connectivity index (χ3v) is 4.74. The molecule has 0 saturated carbocycles. The van der Waals surface area contributed by atoms with Gasteiger partial charge in [0.15, 0.2) is 3.95 Å². The summed E-state index contributed by atoms with van der Waals surface area (Å²) in [5.74, 6) is 0.566. The van der Waals surface area contributed by atoms with Gasteiger partial charge >= 0.3 is 0 Å². The van der Waals surface area contributed by atoms with E-state index in [1.54, 1.807) is 0 Å². The second kappa shape index (κ2) is 8.38. The number of nitrogens with zero attached hydrogens (tertiary/aromatic N) is 3. The highest BCUT2D eigenvalue weighted by Crippen LogP contribution is 2.17. The van der Waals surface area contributed by atoms with Crippen LogP contribution in [-0.4, -0.2) is 28.3 Å². The maximum atomic E-state index is 5.38. The van der Waals surface area contributed by atoms with E-state index in [-0.39, 0.29) is 0 Å². The third kappa shape index (κ3) is 5.27. The number of aromatic nitrogens is 2. The minimum atomic E-state index is 0.566. The average Bonchev–Trinajstić information content (AvgIpc) is 2.85. The van der Waals surface area contributed by atoms with Gasteiger partial charge in [-0.1, -0.05) is 55.5 Å². The highest BCUT2D eigenvalue weighted by molar-refractivity contribution is 7.73. The minimum Gasteiger partial charge on any atom is -0.357 e. The molecule has 0 atom stereocenters. The quantitative estimate of drug-likeness (QED) is 0.563. The van der Waals surface area contributed by atoms with Gasteiger partial charge in [-0.3, -0.25) is 4.90 Å². The Morgan fingerprint density at radius 1 is 1.39 bits per heavy atom. The zero-order valence-corrected chi connectivity index (χ0v) is 15.6. The van der Waals surface area contributed by atoms with E-state index in [2.05, 4.69) is 67.1 Å². The topological polar surface area (TPSA) is 33.1 Å². The predicted molar refractivity (Wildman–Crippen MR) is 102 cm³/mol. The van der Waals surface area contributed by atoms with Gasteiger partial charge in [0.05, 0.1) is 6.67 Å². The van der Waals surface area contributed by atoms with E-state index in [1.807, 2.05) is 10.8 Å². The monoisotopic (exact) mass is 348 g/mol. The fourth-order valence-electron chi connectivity index (χ4n) is 2.22. The van der Waals surface area contributed by atoms with Gasteiger partial charge in [0.1, 0.15) is 0 Å². The van der Waals surface area contributed by atoms with Crippen molar-refractivity contribution in [1.29, 1.82) is 0 Å². The van der Waals surface area contributed by atoms with Gasteiger partial charge in [0.2, 0.25) is 5.13 Å². The number of benzene rings is 1. The number of nitrogens with one attached hydrogen (secondary N) is 1. The Morgan fingerprint density at radius 3 is 2.70 bits per heavy atom. The molecule has 0 aliphatic carbocycles. The molecule has 1 N–H and O–H groups in total. The second-order valence-electron chi connectivity index (χ2n) is 5.89. The first-order valence-electron chi connectivity index (χ1n) is 7.69. The van der Waals surface area contributed by atoms with Crippen molar-refractivity contribution in [2.45, 2.75) is 33.0 Å². The Hall–Kier alpha value is -1.50. The molecule has 6 heteroatoms. The summed E-state index contributed by atoms with van der Waals surface area (Å²) in [6.07, 6.45) is 1.81. The highest BCUT2D eigenvalue weighted by Gasteiger charge is 2.07. The molecule has 0 fully saturated rings. The first kappa shape index (κ1) is 17.8. The maximum absolute atomic E-state index is 5.38. The zero-order chi connectivity index (χ0) is 16.8. The van der Waals surface area contributed by atoms with E-state index in [1.165, 1.54) is 22.5 Å². The van der Waals surface area contributed by atoms with Crippen molar-refractivity contribution >= 4 is 28.7 Å². The number of rotatable bonds is 8.